The third-order valence-electron chi connectivity index (χ3n) is 3.72. The van der Waals surface area contributed by atoms with Gasteiger partial charge in [-0.25, -0.2) is 4.98 Å². The Bertz CT molecular complexity index is 691. The van der Waals surface area contributed by atoms with Crippen LogP contribution in [0.25, 0.3) is 10.6 Å². The summed E-state index contributed by atoms with van der Waals surface area (Å²) >= 11 is 1.45. The van der Waals surface area contributed by atoms with Gasteiger partial charge in [0.25, 0.3) is 5.91 Å². The fourth-order valence-electron chi connectivity index (χ4n) is 2.46. The van der Waals surface area contributed by atoms with Gasteiger partial charge in [-0.05, 0) is 37.1 Å². The van der Waals surface area contributed by atoms with E-state index in [1.165, 1.54) is 11.3 Å². The van der Waals surface area contributed by atoms with Crippen molar-refractivity contribution < 1.29 is 14.3 Å². The zero-order chi connectivity index (χ0) is 16.8. The van der Waals surface area contributed by atoms with Crippen molar-refractivity contribution >= 4 is 17.2 Å². The lowest BCUT2D eigenvalue weighted by Gasteiger charge is -2.09. The van der Waals surface area contributed by atoms with E-state index in [9.17, 15) is 4.79 Å². The molecule has 1 aromatic heterocycles. The lowest BCUT2D eigenvalue weighted by molar-refractivity contribution is 0.0854. The predicted molar refractivity (Wildman–Crippen MR) is 94.5 cm³/mol. The number of nitrogens with zero attached hydrogens (tertiary/aromatic N) is 1. The highest BCUT2D eigenvalue weighted by Gasteiger charge is 2.18. The van der Waals surface area contributed by atoms with Crippen LogP contribution >= 0.6 is 11.3 Å². The molecule has 2 aromatic rings. The number of hydrogen-bond acceptors (Lipinski definition) is 5. The Kier molecular flexibility index (Phi) is 5.61. The van der Waals surface area contributed by atoms with Crippen LogP contribution in [-0.4, -0.2) is 36.8 Å². The quantitative estimate of drug-likeness (QED) is 0.783. The Morgan fingerprint density at radius 2 is 2.29 bits per heavy atom. The van der Waals surface area contributed by atoms with E-state index in [0.717, 1.165) is 35.8 Å². The third kappa shape index (κ3) is 4.21. The van der Waals surface area contributed by atoms with Gasteiger partial charge in [0.05, 0.1) is 6.10 Å². The molecule has 5 nitrogen and oxygen atoms in total. The van der Waals surface area contributed by atoms with Crippen LogP contribution in [0.15, 0.2) is 42.3 Å². The van der Waals surface area contributed by atoms with E-state index >= 15 is 0 Å². The molecule has 1 aromatic carbocycles. The number of hydrogen-bond donors (Lipinski definition) is 1. The number of amides is 1. The summed E-state index contributed by atoms with van der Waals surface area (Å²) < 4.78 is 11.0. The summed E-state index contributed by atoms with van der Waals surface area (Å²) in [5.41, 5.74) is 1.41. The van der Waals surface area contributed by atoms with Crippen LogP contribution < -0.4 is 10.1 Å². The van der Waals surface area contributed by atoms with Crippen molar-refractivity contribution in [3.63, 3.8) is 0 Å². The summed E-state index contributed by atoms with van der Waals surface area (Å²) in [6, 6.07) is 7.64. The van der Waals surface area contributed by atoms with Gasteiger partial charge >= 0.3 is 0 Å². The van der Waals surface area contributed by atoms with E-state index in [-0.39, 0.29) is 12.0 Å². The number of aromatic nitrogens is 1. The standard InChI is InChI=1S/C18H20N2O3S/c1-2-9-22-14-7-5-13(6-8-14)18-20-16(12-24-18)17(21)19-11-15-4-3-10-23-15/h2,5-8,12,15H,1,3-4,9-11H2,(H,19,21)/t15-/m0/s1. The van der Waals surface area contributed by atoms with Crippen LogP contribution in [0.1, 0.15) is 23.3 Å². The Balaban J connectivity index is 1.59. The number of carbonyl (C=O) groups excluding carboxylic acids is 1. The topological polar surface area (TPSA) is 60.5 Å². The molecular formula is C18H20N2O3S. The number of benzene rings is 1. The fourth-order valence-corrected chi connectivity index (χ4v) is 3.27. The van der Waals surface area contributed by atoms with Crippen LogP contribution in [0.4, 0.5) is 0 Å². The van der Waals surface area contributed by atoms with Gasteiger partial charge < -0.3 is 14.8 Å². The highest BCUT2D eigenvalue weighted by molar-refractivity contribution is 7.13. The molecule has 24 heavy (non-hydrogen) atoms. The van der Waals surface area contributed by atoms with E-state index in [0.29, 0.717) is 18.8 Å². The molecule has 0 bridgehead atoms. The normalized spacial score (nSPS) is 16.8. The SMILES string of the molecule is C=CCOc1ccc(-c2nc(C(=O)NC[C@@H]3CCCO3)cs2)cc1. The van der Waals surface area contributed by atoms with Crippen LogP contribution in [0.3, 0.4) is 0 Å². The lowest BCUT2D eigenvalue weighted by atomic mass is 10.2. The molecule has 0 aliphatic carbocycles. The van der Waals surface area contributed by atoms with Gasteiger partial charge in [-0.3, -0.25) is 4.79 Å². The highest BCUT2D eigenvalue weighted by atomic mass is 32.1. The van der Waals surface area contributed by atoms with Gasteiger partial charge in [0.15, 0.2) is 0 Å². The molecule has 3 rings (SSSR count). The molecule has 6 heteroatoms. The number of ether oxygens (including phenoxy) is 2. The summed E-state index contributed by atoms with van der Waals surface area (Å²) in [4.78, 5) is 16.6. The average Bonchev–Trinajstić information content (AvgIpc) is 3.30. The lowest BCUT2D eigenvalue weighted by Crippen LogP contribution is -2.31. The summed E-state index contributed by atoms with van der Waals surface area (Å²) in [5.74, 6) is 0.628. The first-order chi connectivity index (χ1) is 11.8. The summed E-state index contributed by atoms with van der Waals surface area (Å²) in [6.45, 7) is 5.43. The Labute approximate surface area is 145 Å². The Morgan fingerprint density at radius 3 is 3.00 bits per heavy atom. The van der Waals surface area contributed by atoms with E-state index < -0.39 is 0 Å². The van der Waals surface area contributed by atoms with Crippen LogP contribution in [-0.2, 0) is 4.74 Å². The molecule has 126 valence electrons. The molecule has 0 saturated carbocycles. The van der Waals surface area contributed by atoms with Gasteiger partial charge in [-0.15, -0.1) is 11.3 Å². The van der Waals surface area contributed by atoms with E-state index in [2.05, 4.69) is 16.9 Å². The number of carbonyl (C=O) groups is 1. The van der Waals surface area contributed by atoms with Gasteiger partial charge in [-0.2, -0.15) is 0 Å². The maximum absolute atomic E-state index is 12.2. The van der Waals surface area contributed by atoms with Gasteiger partial charge in [0, 0.05) is 24.1 Å². The molecule has 2 heterocycles. The summed E-state index contributed by atoms with van der Waals surface area (Å²) in [6.07, 6.45) is 3.91. The predicted octanol–water partition coefficient (Wildman–Crippen LogP) is 3.28. The van der Waals surface area contributed by atoms with Gasteiger partial charge in [0.2, 0.25) is 0 Å². The number of nitrogens with one attached hydrogen (secondary N) is 1. The minimum absolute atomic E-state index is 0.134. The first kappa shape index (κ1) is 16.7. The minimum atomic E-state index is -0.154. The molecule has 0 spiro atoms. The number of rotatable bonds is 7. The second-order valence-electron chi connectivity index (χ2n) is 5.51. The maximum Gasteiger partial charge on any atom is 0.270 e. The molecule has 1 amide bonds. The molecule has 1 fully saturated rings. The van der Waals surface area contributed by atoms with Crippen molar-refractivity contribution in [3.05, 3.63) is 48.0 Å². The van der Waals surface area contributed by atoms with E-state index in [4.69, 9.17) is 9.47 Å². The highest BCUT2D eigenvalue weighted by Crippen LogP contribution is 2.25. The van der Waals surface area contributed by atoms with Crippen molar-refractivity contribution in [2.24, 2.45) is 0 Å². The largest absolute Gasteiger partial charge is 0.490 e. The molecule has 0 radical (unpaired) electrons. The zero-order valence-corrected chi connectivity index (χ0v) is 14.2. The van der Waals surface area contributed by atoms with Crippen LogP contribution in [0, 0.1) is 0 Å². The number of thiazole rings is 1. The smallest absolute Gasteiger partial charge is 0.270 e. The summed E-state index contributed by atoms with van der Waals surface area (Å²) in [7, 11) is 0. The first-order valence-electron chi connectivity index (χ1n) is 7.95. The zero-order valence-electron chi connectivity index (χ0n) is 13.4. The first-order valence-corrected chi connectivity index (χ1v) is 8.83. The second-order valence-corrected chi connectivity index (χ2v) is 6.37. The van der Waals surface area contributed by atoms with Crippen molar-refractivity contribution in [1.29, 1.82) is 0 Å². The minimum Gasteiger partial charge on any atom is -0.490 e. The third-order valence-corrected chi connectivity index (χ3v) is 4.61. The molecular weight excluding hydrogens is 324 g/mol. The molecule has 1 aliphatic heterocycles. The van der Waals surface area contributed by atoms with Crippen molar-refractivity contribution in [3.8, 4) is 16.3 Å². The van der Waals surface area contributed by atoms with E-state index in [1.54, 1.807) is 11.5 Å². The monoisotopic (exact) mass is 344 g/mol. The molecule has 0 unspecified atom stereocenters. The van der Waals surface area contributed by atoms with Gasteiger partial charge in [0.1, 0.15) is 23.1 Å². The second kappa shape index (κ2) is 8.08. The fraction of sp³-hybridized carbons (Fsp3) is 0.333. The van der Waals surface area contributed by atoms with E-state index in [1.807, 2.05) is 24.3 Å². The molecule has 1 N–H and O–H groups in total. The van der Waals surface area contributed by atoms with Crippen molar-refractivity contribution in [2.75, 3.05) is 19.8 Å². The van der Waals surface area contributed by atoms with Crippen molar-refractivity contribution in [1.82, 2.24) is 10.3 Å². The Hall–Kier alpha value is -2.18. The molecule has 1 atom stereocenters. The maximum atomic E-state index is 12.2. The molecule has 1 aliphatic rings. The Morgan fingerprint density at radius 1 is 1.46 bits per heavy atom. The van der Waals surface area contributed by atoms with Crippen LogP contribution in [0.5, 0.6) is 5.75 Å². The summed E-state index contributed by atoms with van der Waals surface area (Å²) in [5, 5.41) is 5.48. The van der Waals surface area contributed by atoms with Crippen molar-refractivity contribution in [2.45, 2.75) is 18.9 Å². The van der Waals surface area contributed by atoms with Crippen LogP contribution in [0.2, 0.25) is 0 Å². The average molecular weight is 344 g/mol. The van der Waals surface area contributed by atoms with Gasteiger partial charge in [-0.1, -0.05) is 12.7 Å². The molecule has 1 saturated heterocycles.